The molecule has 7 heterocycles. The van der Waals surface area contributed by atoms with Gasteiger partial charge in [0.15, 0.2) is 0 Å². The number of halogens is 8. The number of carbonyl (C=O) groups is 1. The minimum Gasteiger partial charge on any atom is -0.393 e. The van der Waals surface area contributed by atoms with E-state index in [0.29, 0.717) is 52.7 Å². The molecule has 14 nitrogen and oxygen atoms in total. The number of pyridine rings is 1. The molecule has 15 rings (SSSR count). The van der Waals surface area contributed by atoms with Crippen molar-refractivity contribution in [3.05, 3.63) is 219 Å². The number of amides is 1. The summed E-state index contributed by atoms with van der Waals surface area (Å²) in [5, 5.41) is 63.3. The fourth-order valence-electron chi connectivity index (χ4n) is 17.3. The van der Waals surface area contributed by atoms with Crippen molar-refractivity contribution in [3.8, 4) is 35.4 Å². The van der Waals surface area contributed by atoms with Crippen LogP contribution in [0.15, 0.2) is 152 Å². The molecule has 0 radical (unpaired) electrons. The number of anilines is 4. The SMILES string of the molecule is CC(C)C(=O)N[C@@H]1CCc2c(c3cc(-c4cccnc4)ccc3n2Cc2cccc(F)c2)C1.CC[C@@H](C)N(C)c1ccc(C#N)c(C(F)(F)F)c1.CC[C@H]1CCCCN1c1ccc(C#N)c(C(F)(F)F)c1.Cc1c(N2C3CCC2CC(C)(O)C3)ccc(C#N)c1Cl.N#Cc1ccc(N2C3CCC2CC(O)C3)c2ccccc12. The smallest absolute Gasteiger partial charge is 0.393 e. The monoisotopic (exact) mass is 1550 g/mol. The molecule has 7 aromatic carbocycles. The number of hydrogen-bond acceptors (Lipinski definition) is 12. The molecule has 586 valence electrons. The first-order valence-electron chi connectivity index (χ1n) is 38.9. The molecule has 6 aliphatic rings. The molecule has 5 aliphatic heterocycles. The number of alkyl halides is 6. The van der Waals surface area contributed by atoms with Crippen LogP contribution in [0.4, 0.5) is 53.5 Å². The lowest BCUT2D eigenvalue weighted by Gasteiger charge is -2.44. The van der Waals surface area contributed by atoms with Crippen LogP contribution >= 0.6 is 11.6 Å². The maximum atomic E-state index is 13.9. The number of nitriles is 4. The number of piperidine rings is 3. The van der Waals surface area contributed by atoms with Gasteiger partial charge in [-0.05, 0) is 237 Å². The maximum Gasteiger partial charge on any atom is 0.417 e. The number of fused-ring (bicyclic) bond motifs is 8. The molecule has 4 unspecified atom stereocenters. The lowest BCUT2D eigenvalue weighted by Crippen LogP contribution is -2.50. The van der Waals surface area contributed by atoms with Gasteiger partial charge in [-0.15, -0.1) is 0 Å². The molecule has 9 aromatic rings. The van der Waals surface area contributed by atoms with E-state index in [2.05, 4.69) is 80.1 Å². The van der Waals surface area contributed by atoms with Gasteiger partial charge in [-0.25, -0.2) is 4.39 Å². The molecule has 1 aliphatic carbocycles. The molecule has 5 fully saturated rings. The predicted octanol–water partition coefficient (Wildman–Crippen LogP) is 20.3. The minimum absolute atomic E-state index is 0.0297. The zero-order valence-corrected chi connectivity index (χ0v) is 65.4. The molecule has 2 aromatic heterocycles. The molecule has 5 saturated heterocycles. The van der Waals surface area contributed by atoms with Crippen molar-refractivity contribution in [1.29, 1.82) is 21.0 Å². The predicted molar refractivity (Wildman–Crippen MR) is 428 cm³/mol. The van der Waals surface area contributed by atoms with E-state index >= 15 is 0 Å². The number of aromatic nitrogens is 2. The van der Waals surface area contributed by atoms with Gasteiger partial charge in [-0.1, -0.05) is 87.8 Å². The van der Waals surface area contributed by atoms with Crippen LogP contribution in [0.3, 0.4) is 0 Å². The van der Waals surface area contributed by atoms with E-state index < -0.39 is 29.1 Å². The second-order valence-corrected chi connectivity index (χ2v) is 31.5. The Labute approximate surface area is 657 Å². The van der Waals surface area contributed by atoms with Crippen molar-refractivity contribution in [2.45, 2.75) is 224 Å². The highest BCUT2D eigenvalue weighted by molar-refractivity contribution is 6.33. The van der Waals surface area contributed by atoms with Crippen LogP contribution < -0.4 is 24.9 Å². The van der Waals surface area contributed by atoms with E-state index in [0.717, 1.165) is 171 Å². The van der Waals surface area contributed by atoms with E-state index in [1.54, 1.807) is 60.6 Å². The summed E-state index contributed by atoms with van der Waals surface area (Å²) in [5.74, 6) is -0.144. The number of nitrogens with zero attached hydrogens (tertiary/aromatic N) is 10. The first-order valence-corrected chi connectivity index (χ1v) is 39.3. The van der Waals surface area contributed by atoms with Gasteiger partial charge < -0.3 is 39.7 Å². The summed E-state index contributed by atoms with van der Waals surface area (Å²) in [4.78, 5) is 25.3. The molecule has 0 saturated carbocycles. The van der Waals surface area contributed by atoms with Crippen LogP contribution in [0.5, 0.6) is 0 Å². The average Bonchev–Trinajstić information content (AvgIpc) is 1.62. The molecule has 0 spiro atoms. The highest BCUT2D eigenvalue weighted by Gasteiger charge is 2.46. The van der Waals surface area contributed by atoms with Gasteiger partial charge in [0.05, 0.1) is 68.3 Å². The largest absolute Gasteiger partial charge is 0.417 e. The van der Waals surface area contributed by atoms with E-state index in [4.69, 9.17) is 27.4 Å². The zero-order chi connectivity index (χ0) is 80.5. The fourth-order valence-corrected chi connectivity index (χ4v) is 17.5. The molecule has 3 N–H and O–H groups in total. The van der Waals surface area contributed by atoms with Gasteiger partial charge in [-0.2, -0.15) is 47.4 Å². The van der Waals surface area contributed by atoms with E-state index in [1.807, 2.05) is 95.1 Å². The zero-order valence-electron chi connectivity index (χ0n) is 64.7. The molecule has 4 bridgehead atoms. The molecule has 7 atom stereocenters. The number of rotatable bonds is 12. The highest BCUT2D eigenvalue weighted by Crippen LogP contribution is 2.47. The Kier molecular flexibility index (Phi) is 26.4. The number of carbonyl (C=O) groups excluding carboxylic acids is 1. The van der Waals surface area contributed by atoms with Crippen molar-refractivity contribution < 1.29 is 45.7 Å². The molecule has 22 heteroatoms. The third-order valence-corrected chi connectivity index (χ3v) is 23.7. The van der Waals surface area contributed by atoms with Crippen molar-refractivity contribution in [1.82, 2.24) is 14.9 Å². The molecular formula is C90H97ClF7N11O3. The summed E-state index contributed by atoms with van der Waals surface area (Å²) in [6.45, 7) is 15.1. The number of benzene rings is 7. The number of aliphatic hydroxyl groups excluding tert-OH is 1. The van der Waals surface area contributed by atoms with Crippen LogP contribution in [-0.2, 0) is 36.5 Å². The summed E-state index contributed by atoms with van der Waals surface area (Å²) in [6, 6.07) is 51.0. The van der Waals surface area contributed by atoms with E-state index in [1.165, 1.54) is 40.5 Å². The summed E-state index contributed by atoms with van der Waals surface area (Å²) >= 11 is 6.29. The fraction of sp³-hybridized carbons (Fsp3) is 0.422. The normalized spacial score (nSPS) is 21.2. The Hall–Kier alpha value is -10.2. The van der Waals surface area contributed by atoms with Crippen LogP contribution in [0, 0.1) is 64.0 Å². The summed E-state index contributed by atoms with van der Waals surface area (Å²) < 4.78 is 93.6. The first-order chi connectivity index (χ1) is 53.5. The van der Waals surface area contributed by atoms with Gasteiger partial charge >= 0.3 is 12.4 Å². The average molecular weight is 1550 g/mol. The lowest BCUT2D eigenvalue weighted by atomic mass is 9.87. The summed E-state index contributed by atoms with van der Waals surface area (Å²) in [7, 11) is 1.75. The molecule has 112 heavy (non-hydrogen) atoms. The maximum absolute atomic E-state index is 13.9. The number of aliphatic hydroxyl groups is 2. The second-order valence-electron chi connectivity index (χ2n) is 31.1. The molecular weight excluding hydrogens is 1450 g/mol. The third kappa shape index (κ3) is 18.8. The van der Waals surface area contributed by atoms with Crippen LogP contribution in [-0.4, -0.2) is 93.3 Å². The number of nitrogens with one attached hydrogen (secondary N) is 1. The van der Waals surface area contributed by atoms with Crippen LogP contribution in [0.1, 0.15) is 187 Å². The molecule has 1 amide bonds. The summed E-state index contributed by atoms with van der Waals surface area (Å²) in [6.07, 6.45) is 9.90. The standard InChI is InChI=1S/C28H28FN3O.C18H18N2O.C16H19ClN2O.C15H17F3N2.C13H15F3N2/c1-18(2)28(33)31-23-9-11-27-25(15-23)24-14-20(21-6-4-12-30-16-21)8-10-26(24)32(27)17-19-5-3-7-22(29)13-19;19-11-12-5-8-18(17-4-2-1-3-16(12)17)20-13-6-7-14(20)10-15(21)9-13;1-10-14(6-3-11(9-18)15(10)17)19-12-4-5-13(19)8-16(2,20)7-12;1-2-12-5-3-4-8-20(12)13-7-6-11(10-19)14(9-13)15(16,17)18;1-4-9(2)18(3)11-6-5-10(8-17)12(7-11)13(14,15)16/h3-8,10,12-14,16,18,23H,9,11,15,17H2,1-2H3,(H,31,33);1-5,8,13-15,21H,6-7,9-10H2;3,6,12-13,20H,4-5,7-8H2,1-2H3;6-7,9,12H,2-5,8H2,1H3;5-7,9H,4H2,1-3H3/t23-;;;12-;9-/m1..01/s1. The van der Waals surface area contributed by atoms with Gasteiger partial charge in [0.2, 0.25) is 5.91 Å². The Morgan fingerprint density at radius 3 is 1.92 bits per heavy atom. The van der Waals surface area contributed by atoms with Gasteiger partial charge in [0.1, 0.15) is 11.9 Å². The van der Waals surface area contributed by atoms with Crippen LogP contribution in [0.25, 0.3) is 32.8 Å². The minimum atomic E-state index is -4.50. The topological polar surface area (TPSA) is 195 Å². The van der Waals surface area contributed by atoms with Gasteiger partial charge in [-0.3, -0.25) is 9.78 Å². The van der Waals surface area contributed by atoms with Crippen LogP contribution in [0.2, 0.25) is 5.02 Å². The Balaban J connectivity index is 0.000000141. The Morgan fingerprint density at radius 1 is 0.688 bits per heavy atom. The Morgan fingerprint density at radius 2 is 1.30 bits per heavy atom. The van der Waals surface area contributed by atoms with E-state index in [-0.39, 0.29) is 53.0 Å². The Bertz CT molecular complexity index is 4990. The second kappa shape index (κ2) is 35.7. The number of hydrogen-bond donors (Lipinski definition) is 3. The van der Waals surface area contributed by atoms with E-state index in [9.17, 15) is 51.0 Å². The summed E-state index contributed by atoms with van der Waals surface area (Å²) in [5.41, 5.74) is 9.57. The lowest BCUT2D eigenvalue weighted by molar-refractivity contribution is -0.138. The van der Waals surface area contributed by atoms with Crippen molar-refractivity contribution >= 4 is 61.9 Å². The quantitative estimate of drug-likeness (QED) is 0.0981. The first kappa shape index (κ1) is 82.8. The van der Waals surface area contributed by atoms with Gasteiger partial charge in [0.25, 0.3) is 0 Å². The highest BCUT2D eigenvalue weighted by atomic mass is 35.5. The van der Waals surface area contributed by atoms with Gasteiger partial charge in [0, 0.05) is 136 Å². The van der Waals surface area contributed by atoms with Crippen molar-refractivity contribution in [2.24, 2.45) is 5.92 Å². The third-order valence-electron chi connectivity index (χ3n) is 23.2. The van der Waals surface area contributed by atoms with Crippen molar-refractivity contribution in [2.75, 3.05) is 33.2 Å². The van der Waals surface area contributed by atoms with Crippen molar-refractivity contribution in [3.63, 3.8) is 0 Å².